The fourth-order valence-corrected chi connectivity index (χ4v) is 3.52. The van der Waals surface area contributed by atoms with Crippen LogP contribution in [0.3, 0.4) is 0 Å². The molecule has 2 aliphatic heterocycles. The fraction of sp³-hybridized carbons (Fsp3) is 0.467. The van der Waals surface area contributed by atoms with Crippen LogP contribution in [0, 0.1) is 22.7 Å². The minimum absolute atomic E-state index is 0.308. The Morgan fingerprint density at radius 2 is 1.68 bits per heavy atom. The first-order chi connectivity index (χ1) is 9.22. The van der Waals surface area contributed by atoms with E-state index >= 15 is 0 Å². The van der Waals surface area contributed by atoms with E-state index in [1.54, 1.807) is 6.07 Å². The summed E-state index contributed by atoms with van der Waals surface area (Å²) in [5.41, 5.74) is 8.06. The molecule has 2 heterocycles. The monoisotopic (exact) mass is 252 g/mol. The molecule has 0 radical (unpaired) electrons. The minimum atomic E-state index is 0.308. The van der Waals surface area contributed by atoms with Crippen molar-refractivity contribution in [1.82, 2.24) is 0 Å². The highest BCUT2D eigenvalue weighted by molar-refractivity contribution is 5.59. The van der Waals surface area contributed by atoms with Crippen LogP contribution in [0.5, 0.6) is 0 Å². The second kappa shape index (κ2) is 4.57. The van der Waals surface area contributed by atoms with Crippen molar-refractivity contribution in [1.29, 1.82) is 10.5 Å². The van der Waals surface area contributed by atoms with Crippen LogP contribution < -0.4 is 10.6 Å². The van der Waals surface area contributed by atoms with E-state index in [1.807, 2.05) is 12.1 Å². The van der Waals surface area contributed by atoms with Gasteiger partial charge in [-0.1, -0.05) is 0 Å². The van der Waals surface area contributed by atoms with Gasteiger partial charge in [0.2, 0.25) is 0 Å². The summed E-state index contributed by atoms with van der Waals surface area (Å²) in [5, 5.41) is 18.1. The molecule has 2 saturated heterocycles. The molecule has 1 aromatic carbocycles. The summed E-state index contributed by atoms with van der Waals surface area (Å²) in [4.78, 5) is 2.41. The summed E-state index contributed by atoms with van der Waals surface area (Å²) in [5.74, 6) is 0. The summed E-state index contributed by atoms with van der Waals surface area (Å²) in [6.07, 6.45) is 4.41. The predicted molar refractivity (Wildman–Crippen MR) is 72.4 cm³/mol. The highest BCUT2D eigenvalue weighted by Gasteiger charge is 2.39. The number of hydrogen-bond donors (Lipinski definition) is 1. The molecule has 2 atom stereocenters. The summed E-state index contributed by atoms with van der Waals surface area (Å²) in [6, 6.07) is 11.0. The van der Waals surface area contributed by atoms with Crippen molar-refractivity contribution in [2.75, 3.05) is 4.90 Å². The third-order valence-electron chi connectivity index (χ3n) is 4.31. The standard InChI is InChI=1S/C15H16N4/c16-8-10-1-2-13(5-11(10)9-17)19-14-3-4-15(19)7-12(18)6-14/h1-2,5,12,14-15H,3-4,6-7,18H2. The second-order valence-electron chi connectivity index (χ2n) is 5.48. The summed E-state index contributed by atoms with van der Waals surface area (Å²) in [7, 11) is 0. The summed E-state index contributed by atoms with van der Waals surface area (Å²) >= 11 is 0. The number of benzene rings is 1. The molecule has 4 heteroatoms. The van der Waals surface area contributed by atoms with E-state index in [-0.39, 0.29) is 0 Å². The average Bonchev–Trinajstić information content (AvgIpc) is 2.70. The van der Waals surface area contributed by atoms with Gasteiger partial charge in [-0.15, -0.1) is 0 Å². The highest BCUT2D eigenvalue weighted by atomic mass is 15.2. The Hall–Kier alpha value is -2.04. The first-order valence-corrected chi connectivity index (χ1v) is 6.71. The van der Waals surface area contributed by atoms with Crippen molar-refractivity contribution < 1.29 is 0 Å². The van der Waals surface area contributed by atoms with Crippen molar-refractivity contribution in [2.24, 2.45) is 5.73 Å². The number of piperidine rings is 1. The lowest BCUT2D eigenvalue weighted by Gasteiger charge is -2.39. The van der Waals surface area contributed by atoms with E-state index in [0.717, 1.165) is 18.5 Å². The molecule has 0 amide bonds. The Morgan fingerprint density at radius 3 is 2.26 bits per heavy atom. The van der Waals surface area contributed by atoms with Crippen LogP contribution in [-0.4, -0.2) is 18.1 Å². The third-order valence-corrected chi connectivity index (χ3v) is 4.31. The van der Waals surface area contributed by atoms with Gasteiger partial charge in [0.15, 0.2) is 0 Å². The molecule has 2 fully saturated rings. The van der Waals surface area contributed by atoms with Crippen LogP contribution in [0.15, 0.2) is 18.2 Å². The molecule has 0 saturated carbocycles. The highest BCUT2D eigenvalue weighted by Crippen LogP contribution is 2.39. The van der Waals surface area contributed by atoms with Gasteiger partial charge in [0, 0.05) is 23.8 Å². The maximum Gasteiger partial charge on any atom is 0.101 e. The molecule has 1 aromatic rings. The predicted octanol–water partition coefficient (Wildman–Crippen LogP) is 1.89. The number of anilines is 1. The fourth-order valence-electron chi connectivity index (χ4n) is 3.52. The number of fused-ring (bicyclic) bond motifs is 2. The third kappa shape index (κ3) is 1.95. The first-order valence-electron chi connectivity index (χ1n) is 6.71. The zero-order chi connectivity index (χ0) is 13.4. The number of nitrogens with two attached hydrogens (primary N) is 1. The molecule has 2 unspecified atom stereocenters. The Balaban J connectivity index is 1.96. The Morgan fingerprint density at radius 1 is 1.05 bits per heavy atom. The van der Waals surface area contributed by atoms with Crippen LogP contribution >= 0.6 is 0 Å². The molecule has 2 aliphatic rings. The van der Waals surface area contributed by atoms with E-state index in [1.165, 1.54) is 12.8 Å². The van der Waals surface area contributed by atoms with Gasteiger partial charge in [-0.3, -0.25) is 0 Å². The molecule has 4 nitrogen and oxygen atoms in total. The number of hydrogen-bond acceptors (Lipinski definition) is 4. The van der Waals surface area contributed by atoms with Gasteiger partial charge < -0.3 is 10.6 Å². The minimum Gasteiger partial charge on any atom is -0.365 e. The lowest BCUT2D eigenvalue weighted by atomic mass is 9.96. The molecular formula is C15H16N4. The number of rotatable bonds is 1. The van der Waals surface area contributed by atoms with E-state index in [9.17, 15) is 0 Å². The van der Waals surface area contributed by atoms with Gasteiger partial charge in [0.1, 0.15) is 12.1 Å². The largest absolute Gasteiger partial charge is 0.365 e. The summed E-state index contributed by atoms with van der Waals surface area (Å²) in [6.45, 7) is 0. The lowest BCUT2D eigenvalue weighted by Crippen LogP contribution is -2.47. The van der Waals surface area contributed by atoms with Crippen molar-refractivity contribution >= 4 is 5.69 Å². The first kappa shape index (κ1) is 12.0. The normalized spacial score (nSPS) is 28.8. The van der Waals surface area contributed by atoms with E-state index in [4.69, 9.17) is 16.3 Å². The quantitative estimate of drug-likeness (QED) is 0.828. The average molecular weight is 252 g/mol. The van der Waals surface area contributed by atoms with E-state index in [2.05, 4.69) is 17.0 Å². The van der Waals surface area contributed by atoms with Crippen molar-refractivity contribution in [3.63, 3.8) is 0 Å². The van der Waals surface area contributed by atoms with Crippen molar-refractivity contribution in [3.8, 4) is 12.1 Å². The molecule has 19 heavy (non-hydrogen) atoms. The number of nitriles is 2. The smallest absolute Gasteiger partial charge is 0.101 e. The van der Waals surface area contributed by atoms with Gasteiger partial charge >= 0.3 is 0 Å². The van der Waals surface area contributed by atoms with Crippen LogP contribution in [0.1, 0.15) is 36.8 Å². The molecule has 2 bridgehead atoms. The van der Waals surface area contributed by atoms with E-state index < -0.39 is 0 Å². The molecule has 0 aromatic heterocycles. The zero-order valence-corrected chi connectivity index (χ0v) is 10.7. The van der Waals surface area contributed by atoms with Crippen LogP contribution in [0.25, 0.3) is 0 Å². The topological polar surface area (TPSA) is 76.8 Å². The van der Waals surface area contributed by atoms with Gasteiger partial charge in [0.25, 0.3) is 0 Å². The molecular weight excluding hydrogens is 236 g/mol. The molecule has 0 aliphatic carbocycles. The second-order valence-corrected chi connectivity index (χ2v) is 5.48. The SMILES string of the molecule is N#Cc1ccc(N2C3CCC2CC(N)C3)cc1C#N. The maximum absolute atomic E-state index is 9.12. The zero-order valence-electron chi connectivity index (χ0n) is 10.7. The van der Waals surface area contributed by atoms with Gasteiger partial charge in [0.05, 0.1) is 11.1 Å². The van der Waals surface area contributed by atoms with Crippen LogP contribution in [0.2, 0.25) is 0 Å². The molecule has 2 N–H and O–H groups in total. The van der Waals surface area contributed by atoms with Crippen LogP contribution in [-0.2, 0) is 0 Å². The van der Waals surface area contributed by atoms with Crippen molar-refractivity contribution in [2.45, 2.75) is 43.8 Å². The Bertz CT molecular complexity index is 567. The van der Waals surface area contributed by atoms with E-state index in [0.29, 0.717) is 29.3 Å². The Labute approximate surface area is 113 Å². The van der Waals surface area contributed by atoms with Gasteiger partial charge in [-0.2, -0.15) is 10.5 Å². The lowest BCUT2D eigenvalue weighted by molar-refractivity contribution is 0.414. The molecule has 3 rings (SSSR count). The van der Waals surface area contributed by atoms with Gasteiger partial charge in [-0.25, -0.2) is 0 Å². The molecule has 0 spiro atoms. The maximum atomic E-state index is 9.12. The van der Waals surface area contributed by atoms with Crippen molar-refractivity contribution in [3.05, 3.63) is 29.3 Å². The molecule has 96 valence electrons. The summed E-state index contributed by atoms with van der Waals surface area (Å²) < 4.78 is 0. The Kier molecular flexibility index (Phi) is 2.89. The van der Waals surface area contributed by atoms with Crippen LogP contribution in [0.4, 0.5) is 5.69 Å². The number of nitrogens with zero attached hydrogens (tertiary/aromatic N) is 3. The van der Waals surface area contributed by atoms with Gasteiger partial charge in [-0.05, 0) is 43.9 Å².